The first-order valence-corrected chi connectivity index (χ1v) is 23.3. The summed E-state index contributed by atoms with van der Waals surface area (Å²) in [6.45, 7) is 4.81. The number of rotatable bonds is 4. The fourth-order valence-corrected chi connectivity index (χ4v) is 13.1. The molecule has 0 fully saturated rings. The fraction of sp³-hybridized carbons (Fsp3) is 0.0769. The lowest BCUT2D eigenvalue weighted by molar-refractivity contribution is 0.633. The van der Waals surface area contributed by atoms with Crippen molar-refractivity contribution < 1.29 is 0 Å². The van der Waals surface area contributed by atoms with Crippen LogP contribution in [0.25, 0.3) is 44.5 Å². The molecule has 1 nitrogen and oxygen atoms in total. The predicted molar refractivity (Wildman–Crippen MR) is 272 cm³/mol. The molecule has 310 valence electrons. The van der Waals surface area contributed by atoms with Crippen molar-refractivity contribution in [1.82, 2.24) is 0 Å². The smallest absolute Gasteiger partial charge is 0.0740 e. The van der Waals surface area contributed by atoms with Crippen LogP contribution in [0.2, 0.25) is 0 Å². The molecule has 0 heterocycles. The lowest BCUT2D eigenvalue weighted by atomic mass is 9.52. The van der Waals surface area contributed by atoms with E-state index in [4.69, 9.17) is 0 Å². The highest BCUT2D eigenvalue weighted by Crippen LogP contribution is 2.69. The summed E-state index contributed by atoms with van der Waals surface area (Å²) in [5.74, 6) is 0. The van der Waals surface area contributed by atoms with Crippen molar-refractivity contribution in [1.29, 1.82) is 0 Å². The minimum Gasteiger partial charge on any atom is -0.310 e. The molecule has 0 radical (unpaired) electrons. The quantitative estimate of drug-likeness (QED) is 0.171. The van der Waals surface area contributed by atoms with Gasteiger partial charge in [0.25, 0.3) is 0 Å². The summed E-state index contributed by atoms with van der Waals surface area (Å²) in [4.78, 5) is 2.58. The van der Waals surface area contributed by atoms with Gasteiger partial charge in [0.2, 0.25) is 0 Å². The van der Waals surface area contributed by atoms with Gasteiger partial charge in [-0.1, -0.05) is 214 Å². The highest BCUT2D eigenvalue weighted by Gasteiger charge is 2.60. The van der Waals surface area contributed by atoms with E-state index in [1.807, 2.05) is 0 Å². The van der Waals surface area contributed by atoms with E-state index in [0.29, 0.717) is 0 Å². The van der Waals surface area contributed by atoms with Gasteiger partial charge < -0.3 is 4.90 Å². The molecule has 0 amide bonds. The summed E-state index contributed by atoms with van der Waals surface area (Å²) in [6, 6.07) is 89.6. The number of hydrogen-bond donors (Lipinski definition) is 0. The topological polar surface area (TPSA) is 3.24 Å². The zero-order chi connectivity index (χ0) is 43.8. The summed E-state index contributed by atoms with van der Waals surface area (Å²) in [6.07, 6.45) is 0. The van der Waals surface area contributed by atoms with E-state index in [9.17, 15) is 0 Å². The van der Waals surface area contributed by atoms with Gasteiger partial charge in [0.05, 0.1) is 16.5 Å². The van der Waals surface area contributed by atoms with Gasteiger partial charge in [-0.3, -0.25) is 0 Å². The van der Waals surface area contributed by atoms with Gasteiger partial charge in [-0.15, -0.1) is 0 Å². The Morgan fingerprint density at radius 1 is 0.273 bits per heavy atom. The van der Waals surface area contributed by atoms with E-state index < -0.39 is 10.8 Å². The summed E-state index contributed by atoms with van der Waals surface area (Å²) in [5, 5.41) is 0. The molecule has 0 saturated heterocycles. The van der Waals surface area contributed by atoms with E-state index in [0.717, 1.165) is 11.4 Å². The largest absolute Gasteiger partial charge is 0.310 e. The van der Waals surface area contributed by atoms with Crippen molar-refractivity contribution in [2.45, 2.75) is 30.1 Å². The van der Waals surface area contributed by atoms with Gasteiger partial charge in [-0.2, -0.15) is 0 Å². The Kier molecular flexibility index (Phi) is 7.66. The Bertz CT molecular complexity index is 3540. The standard InChI is InChI=1S/C65H45N/c1-63(2)59-40-43(42-20-5-3-6-21-42)36-38-50(59)51-39-37-45(41-60(51)63)66(44-22-7-4-8-23-44)61-35-19-34-58-62(61)65(54-30-15-11-26-48(54)49-27-12-16-31-55(49)65)57-33-18-17-32-56(57)64(58)52-28-13-9-24-46(52)47-25-10-14-29-53(47)64/h3-41H,1-2H3. The molecule has 0 aromatic heterocycles. The second kappa shape index (κ2) is 13.5. The molecule has 0 unspecified atom stereocenters. The Morgan fingerprint density at radius 2 is 0.697 bits per heavy atom. The van der Waals surface area contributed by atoms with E-state index in [1.165, 1.54) is 106 Å². The molecule has 4 aliphatic rings. The maximum absolute atomic E-state index is 2.58. The Morgan fingerprint density at radius 3 is 1.27 bits per heavy atom. The number of hydrogen-bond acceptors (Lipinski definition) is 1. The zero-order valence-corrected chi connectivity index (χ0v) is 37.0. The second-order valence-electron chi connectivity index (χ2n) is 19.1. The van der Waals surface area contributed by atoms with Crippen LogP contribution in [0.5, 0.6) is 0 Å². The molecule has 0 bridgehead atoms. The first-order chi connectivity index (χ1) is 32.5. The average molecular weight is 840 g/mol. The van der Waals surface area contributed by atoms with Crippen LogP contribution in [0, 0.1) is 0 Å². The number of nitrogens with zero attached hydrogens (tertiary/aromatic N) is 1. The van der Waals surface area contributed by atoms with Crippen LogP contribution < -0.4 is 4.90 Å². The summed E-state index contributed by atoms with van der Waals surface area (Å²) in [5.41, 5.74) is 25.7. The second-order valence-corrected chi connectivity index (χ2v) is 19.1. The minimum absolute atomic E-state index is 0.227. The third kappa shape index (κ3) is 4.64. The first kappa shape index (κ1) is 37.4. The van der Waals surface area contributed by atoms with Crippen molar-refractivity contribution in [2.75, 3.05) is 4.90 Å². The molecular formula is C65H45N. The van der Waals surface area contributed by atoms with Crippen molar-refractivity contribution >= 4 is 17.1 Å². The predicted octanol–water partition coefficient (Wildman–Crippen LogP) is 16.2. The summed E-state index contributed by atoms with van der Waals surface area (Å²) in [7, 11) is 0. The van der Waals surface area contributed by atoms with Crippen LogP contribution >= 0.6 is 0 Å². The van der Waals surface area contributed by atoms with Gasteiger partial charge in [-0.25, -0.2) is 0 Å². The van der Waals surface area contributed by atoms with Crippen LogP contribution in [-0.2, 0) is 16.2 Å². The van der Waals surface area contributed by atoms with Crippen molar-refractivity contribution in [3.63, 3.8) is 0 Å². The highest BCUT2D eigenvalue weighted by molar-refractivity contribution is 5.97. The molecular weight excluding hydrogens is 795 g/mol. The number of benzene rings is 10. The minimum atomic E-state index is -0.638. The molecule has 10 aromatic carbocycles. The fourth-order valence-electron chi connectivity index (χ4n) is 13.1. The Labute approximate surface area is 387 Å². The highest BCUT2D eigenvalue weighted by atomic mass is 15.1. The van der Waals surface area contributed by atoms with Gasteiger partial charge in [0, 0.05) is 22.4 Å². The average Bonchev–Trinajstić information content (AvgIpc) is 3.93. The monoisotopic (exact) mass is 839 g/mol. The van der Waals surface area contributed by atoms with Crippen LogP contribution in [-0.4, -0.2) is 0 Å². The van der Waals surface area contributed by atoms with Crippen LogP contribution in [0.3, 0.4) is 0 Å². The van der Waals surface area contributed by atoms with Gasteiger partial charge >= 0.3 is 0 Å². The molecule has 4 aliphatic carbocycles. The van der Waals surface area contributed by atoms with Crippen molar-refractivity contribution in [3.8, 4) is 44.5 Å². The van der Waals surface area contributed by atoms with E-state index in [1.54, 1.807) is 0 Å². The van der Waals surface area contributed by atoms with Crippen molar-refractivity contribution in [2.24, 2.45) is 0 Å². The van der Waals surface area contributed by atoms with Crippen LogP contribution in [0.4, 0.5) is 17.1 Å². The third-order valence-corrected chi connectivity index (χ3v) is 15.7. The normalized spacial score (nSPS) is 15.2. The van der Waals surface area contributed by atoms with Crippen LogP contribution in [0.1, 0.15) is 69.5 Å². The lowest BCUT2D eigenvalue weighted by Crippen LogP contribution is -2.44. The van der Waals surface area contributed by atoms with Crippen LogP contribution in [0.15, 0.2) is 237 Å². The van der Waals surface area contributed by atoms with E-state index >= 15 is 0 Å². The molecule has 10 aromatic rings. The Hall–Kier alpha value is -8.00. The first-order valence-electron chi connectivity index (χ1n) is 23.3. The SMILES string of the molecule is CC1(C)c2cc(-c3ccccc3)ccc2-c2ccc(N(c3ccccc3)c3cccc4c3C3(c5ccccc5-c5ccccc53)c3ccccc3C43c4ccccc4-c4ccccc43)cc21. The molecule has 2 spiro atoms. The van der Waals surface area contributed by atoms with E-state index in [-0.39, 0.29) is 5.41 Å². The molecule has 66 heavy (non-hydrogen) atoms. The van der Waals surface area contributed by atoms with Gasteiger partial charge in [-0.05, 0) is 131 Å². The molecule has 0 aliphatic heterocycles. The molecule has 14 rings (SSSR count). The molecule has 1 heteroatoms. The molecule has 0 atom stereocenters. The van der Waals surface area contributed by atoms with Gasteiger partial charge in [0.1, 0.15) is 0 Å². The van der Waals surface area contributed by atoms with Gasteiger partial charge in [0.15, 0.2) is 0 Å². The number of anilines is 3. The maximum Gasteiger partial charge on any atom is 0.0740 e. The molecule has 0 N–H and O–H groups in total. The lowest BCUT2D eigenvalue weighted by Gasteiger charge is -2.50. The van der Waals surface area contributed by atoms with Crippen molar-refractivity contribution in [3.05, 3.63) is 292 Å². The maximum atomic E-state index is 2.58. The zero-order valence-electron chi connectivity index (χ0n) is 37.0. The molecule has 0 saturated carbocycles. The number of fused-ring (bicyclic) bond motifs is 19. The Balaban J connectivity index is 1.10. The third-order valence-electron chi connectivity index (χ3n) is 15.7. The summed E-state index contributed by atoms with van der Waals surface area (Å²) < 4.78 is 0. The number of para-hydroxylation sites is 1. The summed E-state index contributed by atoms with van der Waals surface area (Å²) >= 11 is 0. The van der Waals surface area contributed by atoms with E-state index in [2.05, 4.69) is 255 Å².